The number of carbonyl (C=O) groups excluding carboxylic acids is 1. The van der Waals surface area contributed by atoms with Crippen molar-refractivity contribution in [3.63, 3.8) is 0 Å². The fourth-order valence-corrected chi connectivity index (χ4v) is 3.56. The summed E-state index contributed by atoms with van der Waals surface area (Å²) >= 11 is 0. The molecule has 28 heavy (non-hydrogen) atoms. The molecule has 0 saturated carbocycles. The molecule has 1 fully saturated rings. The third-order valence-electron chi connectivity index (χ3n) is 5.02. The van der Waals surface area contributed by atoms with Crippen molar-refractivity contribution >= 4 is 17.3 Å². The average Bonchev–Trinajstić information content (AvgIpc) is 3.28. The van der Waals surface area contributed by atoms with Gasteiger partial charge in [0.15, 0.2) is 11.9 Å². The van der Waals surface area contributed by atoms with E-state index in [1.54, 1.807) is 12.1 Å². The third kappa shape index (κ3) is 3.66. The Morgan fingerprint density at radius 3 is 3.04 bits per heavy atom. The van der Waals surface area contributed by atoms with Crippen molar-refractivity contribution in [2.24, 2.45) is 0 Å². The van der Waals surface area contributed by atoms with Crippen molar-refractivity contribution in [2.75, 3.05) is 12.3 Å². The summed E-state index contributed by atoms with van der Waals surface area (Å²) in [5.74, 6) is -0.117. The lowest BCUT2D eigenvalue weighted by Crippen LogP contribution is -2.39. The number of ether oxygens (including phenoxy) is 2. The van der Waals surface area contributed by atoms with Gasteiger partial charge in [-0.1, -0.05) is 26.2 Å². The van der Waals surface area contributed by atoms with Crippen LogP contribution in [0.1, 0.15) is 51.1 Å². The third-order valence-corrected chi connectivity index (χ3v) is 5.02. The molecule has 1 aliphatic rings. The number of nitrogen functional groups attached to an aromatic ring is 1. The van der Waals surface area contributed by atoms with Gasteiger partial charge in [0.25, 0.3) is 0 Å². The van der Waals surface area contributed by atoms with Gasteiger partial charge in [-0.05, 0) is 18.6 Å². The number of carbonyl (C=O) groups is 1. The molecule has 0 bridgehead atoms. The van der Waals surface area contributed by atoms with Crippen LogP contribution in [0.4, 0.5) is 5.82 Å². The van der Waals surface area contributed by atoms with Gasteiger partial charge in [-0.3, -0.25) is 4.79 Å². The number of fused-ring (bicyclic) bond motifs is 1. The normalized spacial score (nSPS) is 24.3. The van der Waals surface area contributed by atoms with Crippen molar-refractivity contribution in [3.8, 4) is 6.07 Å². The molecule has 0 aromatic carbocycles. The number of aromatic nitrogens is 3. The standard InChI is InChI=1S/C19H25N5O4/c1-2-3-4-5-6-17(26)27-16-9-13(10-25)28-19(16,11-20)15-8-7-14-18(21)22-12-23-24(14)15/h7-8,12-13,16,25H,2-6,9-10H2,1H3,(H2,21,22,23)/t13-,16+,19-/m0/s1. The second kappa shape index (κ2) is 8.54. The van der Waals surface area contributed by atoms with Crippen LogP contribution in [0.15, 0.2) is 18.5 Å². The highest BCUT2D eigenvalue weighted by Crippen LogP contribution is 2.42. The van der Waals surface area contributed by atoms with Gasteiger partial charge in [0.05, 0.1) is 18.4 Å². The Bertz CT molecular complexity index is 877. The van der Waals surface area contributed by atoms with Gasteiger partial charge in [-0.15, -0.1) is 0 Å². The summed E-state index contributed by atoms with van der Waals surface area (Å²) in [5, 5.41) is 23.8. The van der Waals surface area contributed by atoms with Crippen molar-refractivity contribution < 1.29 is 19.4 Å². The molecule has 2 aromatic heterocycles. The van der Waals surface area contributed by atoms with Crippen molar-refractivity contribution in [1.82, 2.24) is 14.6 Å². The maximum atomic E-state index is 12.3. The van der Waals surface area contributed by atoms with Crippen molar-refractivity contribution in [2.45, 2.75) is 63.3 Å². The van der Waals surface area contributed by atoms with Crippen LogP contribution in [0.5, 0.6) is 0 Å². The van der Waals surface area contributed by atoms with E-state index in [4.69, 9.17) is 15.2 Å². The van der Waals surface area contributed by atoms with Gasteiger partial charge in [0, 0.05) is 12.8 Å². The summed E-state index contributed by atoms with van der Waals surface area (Å²) in [5.41, 5.74) is 5.21. The summed E-state index contributed by atoms with van der Waals surface area (Å²) in [6.45, 7) is 1.82. The lowest BCUT2D eigenvalue weighted by molar-refractivity contribution is -0.157. The fourth-order valence-electron chi connectivity index (χ4n) is 3.56. The largest absolute Gasteiger partial charge is 0.458 e. The zero-order valence-corrected chi connectivity index (χ0v) is 15.9. The van der Waals surface area contributed by atoms with E-state index in [0.29, 0.717) is 11.2 Å². The zero-order chi connectivity index (χ0) is 20.1. The highest BCUT2D eigenvalue weighted by molar-refractivity contribution is 5.70. The molecule has 9 nitrogen and oxygen atoms in total. The molecule has 9 heteroatoms. The molecule has 0 amide bonds. The number of nitrogens with zero attached hydrogens (tertiary/aromatic N) is 4. The van der Waals surface area contributed by atoms with Crippen molar-refractivity contribution in [3.05, 3.63) is 24.2 Å². The first-order valence-corrected chi connectivity index (χ1v) is 9.53. The highest BCUT2D eigenvalue weighted by atomic mass is 16.6. The van der Waals surface area contributed by atoms with Crippen LogP contribution in [0.2, 0.25) is 0 Å². The molecule has 0 spiro atoms. The molecule has 3 atom stereocenters. The molecule has 2 aromatic rings. The smallest absolute Gasteiger partial charge is 0.306 e. The number of nitriles is 1. The van der Waals surface area contributed by atoms with E-state index in [0.717, 1.165) is 25.7 Å². The Balaban J connectivity index is 1.89. The highest BCUT2D eigenvalue weighted by Gasteiger charge is 2.54. The number of hydrogen-bond acceptors (Lipinski definition) is 8. The molecule has 0 unspecified atom stereocenters. The molecule has 150 valence electrons. The summed E-state index contributed by atoms with van der Waals surface area (Å²) in [7, 11) is 0. The minimum atomic E-state index is -1.58. The Morgan fingerprint density at radius 1 is 1.50 bits per heavy atom. The molecule has 3 rings (SSSR count). The molecular formula is C19H25N5O4. The van der Waals surface area contributed by atoms with E-state index in [9.17, 15) is 15.2 Å². The maximum absolute atomic E-state index is 12.3. The Labute approximate surface area is 163 Å². The summed E-state index contributed by atoms with van der Waals surface area (Å²) in [6, 6.07) is 5.50. The number of nitrogens with two attached hydrogens (primary N) is 1. The Morgan fingerprint density at radius 2 is 2.32 bits per heavy atom. The van der Waals surface area contributed by atoms with E-state index < -0.39 is 17.8 Å². The van der Waals surface area contributed by atoms with Crippen LogP contribution in [0.3, 0.4) is 0 Å². The lowest BCUT2D eigenvalue weighted by atomic mass is 9.94. The molecule has 3 heterocycles. The molecule has 1 aliphatic heterocycles. The molecular weight excluding hydrogens is 362 g/mol. The van der Waals surface area contributed by atoms with Gasteiger partial charge < -0.3 is 20.3 Å². The predicted molar refractivity (Wildman–Crippen MR) is 99.9 cm³/mol. The number of aliphatic hydroxyl groups is 1. The molecule has 1 saturated heterocycles. The van der Waals surface area contributed by atoms with Gasteiger partial charge in [0.1, 0.15) is 17.9 Å². The Kier molecular flexibility index (Phi) is 6.11. The number of unbranched alkanes of at least 4 members (excludes halogenated alkanes) is 3. The molecule has 0 radical (unpaired) electrons. The van der Waals surface area contributed by atoms with Gasteiger partial charge in [0.2, 0.25) is 5.60 Å². The zero-order valence-electron chi connectivity index (χ0n) is 15.9. The quantitative estimate of drug-likeness (QED) is 0.516. The summed E-state index contributed by atoms with van der Waals surface area (Å²) < 4.78 is 13.0. The second-order valence-corrected chi connectivity index (χ2v) is 6.96. The van der Waals surface area contributed by atoms with Gasteiger partial charge in [-0.2, -0.15) is 10.4 Å². The molecule has 0 aliphatic carbocycles. The van der Waals surface area contributed by atoms with Crippen LogP contribution in [0, 0.1) is 11.3 Å². The maximum Gasteiger partial charge on any atom is 0.306 e. The summed E-state index contributed by atoms with van der Waals surface area (Å²) in [4.78, 5) is 16.3. The number of esters is 1. The first-order chi connectivity index (χ1) is 13.6. The number of hydrogen-bond donors (Lipinski definition) is 2. The number of aliphatic hydroxyl groups excluding tert-OH is 1. The monoisotopic (exact) mass is 387 g/mol. The molecule has 3 N–H and O–H groups in total. The van der Waals surface area contributed by atoms with Crippen LogP contribution in [0.25, 0.3) is 5.52 Å². The lowest BCUT2D eigenvalue weighted by Gasteiger charge is -2.27. The minimum absolute atomic E-state index is 0.221. The van der Waals surface area contributed by atoms with E-state index in [-0.39, 0.29) is 31.2 Å². The number of rotatable bonds is 8. The predicted octanol–water partition coefficient (Wildman–Crippen LogP) is 1.69. The first-order valence-electron chi connectivity index (χ1n) is 9.53. The van der Waals surface area contributed by atoms with Gasteiger partial charge in [-0.25, -0.2) is 9.50 Å². The minimum Gasteiger partial charge on any atom is -0.458 e. The van der Waals surface area contributed by atoms with E-state index >= 15 is 0 Å². The SMILES string of the molecule is CCCCCCC(=O)O[C@@H]1C[C@@H](CO)O[C@@]1(C#N)c1ccc2c(N)ncnn12. The van der Waals surface area contributed by atoms with Crippen LogP contribution < -0.4 is 5.73 Å². The topological polar surface area (TPSA) is 136 Å². The van der Waals surface area contributed by atoms with E-state index in [1.807, 2.05) is 0 Å². The first kappa shape index (κ1) is 20.0. The second-order valence-electron chi connectivity index (χ2n) is 6.96. The van der Waals surface area contributed by atoms with Crippen LogP contribution >= 0.6 is 0 Å². The van der Waals surface area contributed by atoms with Crippen LogP contribution in [-0.4, -0.2) is 44.5 Å². The summed E-state index contributed by atoms with van der Waals surface area (Å²) in [6.07, 6.45) is 4.13. The Hall–Kier alpha value is -2.70. The van der Waals surface area contributed by atoms with Crippen molar-refractivity contribution in [1.29, 1.82) is 5.26 Å². The number of anilines is 1. The fraction of sp³-hybridized carbons (Fsp3) is 0.579. The van der Waals surface area contributed by atoms with Gasteiger partial charge >= 0.3 is 5.97 Å². The average molecular weight is 387 g/mol. The van der Waals surface area contributed by atoms with E-state index in [2.05, 4.69) is 23.1 Å². The van der Waals surface area contributed by atoms with Crippen LogP contribution in [-0.2, 0) is 19.9 Å². The van der Waals surface area contributed by atoms with E-state index in [1.165, 1.54) is 10.8 Å².